The summed E-state index contributed by atoms with van der Waals surface area (Å²) in [4.78, 5) is 0. The second-order valence-corrected chi connectivity index (χ2v) is 4.91. The number of phenolic OH excluding ortho intramolecular Hbond substituents is 2. The quantitative estimate of drug-likeness (QED) is 0.764. The Hall–Kier alpha value is -2.82. The van der Waals surface area contributed by atoms with Gasteiger partial charge in [0, 0.05) is 23.3 Å². The highest BCUT2D eigenvalue weighted by atomic mass is 19.1. The van der Waals surface area contributed by atoms with Crippen molar-refractivity contribution >= 4 is 0 Å². The van der Waals surface area contributed by atoms with Crippen molar-refractivity contribution in [3.63, 3.8) is 0 Å². The van der Waals surface area contributed by atoms with E-state index in [2.05, 4.69) is 13.2 Å². The molecule has 2 aromatic carbocycles. The van der Waals surface area contributed by atoms with Gasteiger partial charge in [-0.05, 0) is 25.0 Å². The lowest BCUT2D eigenvalue weighted by atomic mass is 10.1. The summed E-state index contributed by atoms with van der Waals surface area (Å²) in [6.45, 7) is 7.07. The van der Waals surface area contributed by atoms with Crippen molar-refractivity contribution in [1.29, 1.82) is 0 Å². The van der Waals surface area contributed by atoms with E-state index in [0.717, 1.165) is 12.1 Å². The van der Waals surface area contributed by atoms with Crippen LogP contribution in [-0.4, -0.2) is 10.2 Å². The molecule has 0 fully saturated rings. The van der Waals surface area contributed by atoms with Crippen molar-refractivity contribution in [1.82, 2.24) is 0 Å². The minimum Gasteiger partial charge on any atom is -0.505 e. The van der Waals surface area contributed by atoms with Gasteiger partial charge in [0.2, 0.25) is 0 Å². The third kappa shape index (κ3) is 3.69. The summed E-state index contributed by atoms with van der Waals surface area (Å²) >= 11 is 0. The highest BCUT2D eigenvalue weighted by Crippen LogP contribution is 2.33. The van der Waals surface area contributed by atoms with Gasteiger partial charge < -0.3 is 14.9 Å². The van der Waals surface area contributed by atoms with Crippen molar-refractivity contribution < 1.29 is 23.7 Å². The van der Waals surface area contributed by atoms with E-state index in [1.807, 2.05) is 0 Å². The molecule has 0 aliphatic rings. The van der Waals surface area contributed by atoms with Crippen LogP contribution in [0.3, 0.4) is 0 Å². The summed E-state index contributed by atoms with van der Waals surface area (Å²) in [5.74, 6) is -2.42. The molecule has 0 saturated heterocycles. The SMILES string of the molecule is C=CCc1cc(Oc2cc(F)c(O)c(CC=C)c2)cc(F)c1O. The number of ether oxygens (including phenoxy) is 1. The van der Waals surface area contributed by atoms with E-state index < -0.39 is 23.1 Å². The molecule has 0 radical (unpaired) electrons. The van der Waals surface area contributed by atoms with Gasteiger partial charge >= 0.3 is 0 Å². The number of aromatic hydroxyl groups is 2. The second kappa shape index (κ2) is 6.96. The van der Waals surface area contributed by atoms with Crippen LogP contribution in [0.4, 0.5) is 8.78 Å². The summed E-state index contributed by atoms with van der Waals surface area (Å²) < 4.78 is 32.9. The largest absolute Gasteiger partial charge is 0.505 e. The molecule has 0 aliphatic heterocycles. The van der Waals surface area contributed by atoms with Crippen molar-refractivity contribution in [2.24, 2.45) is 0 Å². The van der Waals surface area contributed by atoms with Gasteiger partial charge in [-0.15, -0.1) is 13.2 Å². The van der Waals surface area contributed by atoms with E-state index in [9.17, 15) is 19.0 Å². The standard InChI is InChI=1S/C18H16F2O3/c1-3-5-11-7-13(9-15(19)17(11)21)23-14-8-12(6-4-2)18(22)16(20)10-14/h3-4,7-10,21-22H,1-2,5-6H2. The van der Waals surface area contributed by atoms with Crippen LogP contribution in [0.15, 0.2) is 49.6 Å². The van der Waals surface area contributed by atoms with Gasteiger partial charge in [0.1, 0.15) is 11.5 Å². The molecule has 0 spiro atoms. The molecular formula is C18H16F2O3. The Kier molecular flexibility index (Phi) is 5.01. The number of halogens is 2. The van der Waals surface area contributed by atoms with E-state index in [-0.39, 0.29) is 24.3 Å². The Morgan fingerprint density at radius 2 is 1.22 bits per heavy atom. The lowest BCUT2D eigenvalue weighted by Gasteiger charge is -2.11. The third-order valence-corrected chi connectivity index (χ3v) is 3.20. The lowest BCUT2D eigenvalue weighted by molar-refractivity contribution is 0.411. The van der Waals surface area contributed by atoms with Crippen LogP contribution in [0, 0.1) is 11.6 Å². The molecule has 0 aliphatic carbocycles. The maximum Gasteiger partial charge on any atom is 0.168 e. The molecular weight excluding hydrogens is 302 g/mol. The minimum absolute atomic E-state index is 0.104. The topological polar surface area (TPSA) is 49.7 Å². The van der Waals surface area contributed by atoms with Crippen molar-refractivity contribution in [3.8, 4) is 23.0 Å². The number of hydrogen-bond donors (Lipinski definition) is 2. The number of allylic oxidation sites excluding steroid dienone is 2. The fraction of sp³-hybridized carbons (Fsp3) is 0.111. The van der Waals surface area contributed by atoms with Crippen LogP contribution in [-0.2, 0) is 12.8 Å². The minimum atomic E-state index is -0.843. The smallest absolute Gasteiger partial charge is 0.168 e. The first-order chi connectivity index (χ1) is 11.0. The molecule has 0 unspecified atom stereocenters. The zero-order valence-electron chi connectivity index (χ0n) is 12.4. The number of benzene rings is 2. The van der Waals surface area contributed by atoms with Gasteiger partial charge in [0.25, 0.3) is 0 Å². The number of rotatable bonds is 6. The zero-order chi connectivity index (χ0) is 17.0. The van der Waals surface area contributed by atoms with Crippen LogP contribution in [0.1, 0.15) is 11.1 Å². The van der Waals surface area contributed by atoms with E-state index in [0.29, 0.717) is 11.1 Å². The summed E-state index contributed by atoms with van der Waals surface area (Å²) in [5.41, 5.74) is 0.612. The summed E-state index contributed by atoms with van der Waals surface area (Å²) in [7, 11) is 0. The Balaban J connectivity index is 2.39. The molecule has 5 heteroatoms. The van der Waals surface area contributed by atoms with E-state index >= 15 is 0 Å². The van der Waals surface area contributed by atoms with Crippen LogP contribution in [0.2, 0.25) is 0 Å². The molecule has 3 nitrogen and oxygen atoms in total. The number of phenols is 2. The maximum atomic E-state index is 13.7. The third-order valence-electron chi connectivity index (χ3n) is 3.20. The van der Waals surface area contributed by atoms with E-state index in [1.54, 1.807) is 0 Å². The van der Waals surface area contributed by atoms with Crippen LogP contribution < -0.4 is 4.74 Å². The average Bonchev–Trinajstić information content (AvgIpc) is 2.50. The van der Waals surface area contributed by atoms with Gasteiger partial charge in [0.15, 0.2) is 23.1 Å². The lowest BCUT2D eigenvalue weighted by Crippen LogP contribution is -1.94. The summed E-state index contributed by atoms with van der Waals surface area (Å²) in [6.07, 6.45) is 3.54. The number of hydrogen-bond acceptors (Lipinski definition) is 3. The second-order valence-electron chi connectivity index (χ2n) is 4.91. The fourth-order valence-electron chi connectivity index (χ4n) is 2.13. The first-order valence-electron chi connectivity index (χ1n) is 6.88. The van der Waals surface area contributed by atoms with Crippen molar-refractivity contribution in [2.75, 3.05) is 0 Å². The van der Waals surface area contributed by atoms with Gasteiger partial charge in [0.05, 0.1) is 0 Å². The molecule has 2 N–H and O–H groups in total. The highest BCUT2D eigenvalue weighted by Gasteiger charge is 2.13. The Morgan fingerprint density at radius 1 is 0.826 bits per heavy atom. The Bertz CT molecular complexity index is 691. The fourth-order valence-corrected chi connectivity index (χ4v) is 2.13. The molecule has 0 heterocycles. The van der Waals surface area contributed by atoms with Crippen molar-refractivity contribution in [2.45, 2.75) is 12.8 Å². The molecule has 0 amide bonds. The van der Waals surface area contributed by atoms with Crippen LogP contribution >= 0.6 is 0 Å². The molecule has 2 aromatic rings. The normalized spacial score (nSPS) is 10.3. The van der Waals surface area contributed by atoms with E-state index in [4.69, 9.17) is 4.74 Å². The van der Waals surface area contributed by atoms with Gasteiger partial charge in [-0.25, -0.2) is 8.78 Å². The predicted molar refractivity (Wildman–Crippen MR) is 84.0 cm³/mol. The van der Waals surface area contributed by atoms with Crippen LogP contribution in [0.5, 0.6) is 23.0 Å². The van der Waals surface area contributed by atoms with Crippen LogP contribution in [0.25, 0.3) is 0 Å². The average molecular weight is 318 g/mol. The monoisotopic (exact) mass is 318 g/mol. The van der Waals surface area contributed by atoms with Gasteiger partial charge in [-0.3, -0.25) is 0 Å². The maximum absolute atomic E-state index is 13.7. The zero-order valence-corrected chi connectivity index (χ0v) is 12.4. The molecule has 0 saturated carbocycles. The first-order valence-corrected chi connectivity index (χ1v) is 6.88. The molecule has 0 bridgehead atoms. The predicted octanol–water partition coefficient (Wildman–Crippen LogP) is 4.63. The molecule has 2 rings (SSSR count). The summed E-state index contributed by atoms with van der Waals surface area (Å²) in [5, 5.41) is 19.3. The Morgan fingerprint density at radius 3 is 1.57 bits per heavy atom. The van der Waals surface area contributed by atoms with Gasteiger partial charge in [-0.2, -0.15) is 0 Å². The molecule has 0 atom stereocenters. The molecule has 23 heavy (non-hydrogen) atoms. The highest BCUT2D eigenvalue weighted by molar-refractivity contribution is 5.46. The summed E-state index contributed by atoms with van der Waals surface area (Å²) in [6, 6.07) is 4.88. The van der Waals surface area contributed by atoms with E-state index in [1.165, 1.54) is 24.3 Å². The Labute approximate surface area is 132 Å². The first kappa shape index (κ1) is 16.5. The molecule has 120 valence electrons. The molecule has 0 aromatic heterocycles. The van der Waals surface area contributed by atoms with Gasteiger partial charge in [-0.1, -0.05) is 12.2 Å². The van der Waals surface area contributed by atoms with Crippen molar-refractivity contribution in [3.05, 3.63) is 72.3 Å².